The Bertz CT molecular complexity index is 585. The number of sulfone groups is 1. The van der Waals surface area contributed by atoms with E-state index in [1.807, 2.05) is 20.8 Å². The lowest BCUT2D eigenvalue weighted by atomic mass is 10.2. The zero-order valence-corrected chi connectivity index (χ0v) is 14.3. The minimum atomic E-state index is -3.64. The van der Waals surface area contributed by atoms with Crippen LogP contribution in [0.1, 0.15) is 33.6 Å². The van der Waals surface area contributed by atoms with Crippen LogP contribution < -0.4 is 0 Å². The van der Waals surface area contributed by atoms with Crippen LogP contribution >= 0.6 is 0 Å². The molecule has 126 valence electrons. The molecule has 0 radical (unpaired) electrons. The van der Waals surface area contributed by atoms with Crippen molar-refractivity contribution >= 4 is 15.9 Å². The number of nitrogens with zero attached hydrogens (tertiary/aromatic N) is 4. The van der Waals surface area contributed by atoms with Crippen LogP contribution in [0.4, 0.5) is 4.79 Å². The molecule has 0 fully saturated rings. The zero-order chi connectivity index (χ0) is 16.8. The average molecular weight is 332 g/mol. The maximum atomic E-state index is 12.5. The van der Waals surface area contributed by atoms with Crippen molar-refractivity contribution in [3.63, 3.8) is 0 Å². The molecule has 8 nitrogen and oxygen atoms in total. The quantitative estimate of drug-likeness (QED) is 0.709. The summed E-state index contributed by atoms with van der Waals surface area (Å²) in [6.07, 6.45) is 2.76. The van der Waals surface area contributed by atoms with E-state index in [-0.39, 0.29) is 29.6 Å². The van der Waals surface area contributed by atoms with E-state index in [0.29, 0.717) is 6.54 Å². The molecule has 1 aromatic rings. The molecule has 0 saturated carbocycles. The molecule has 0 N–H and O–H groups in total. The summed E-state index contributed by atoms with van der Waals surface area (Å²) in [5.74, 6) is -0.217. The first kappa shape index (κ1) is 18.6. The molecule has 0 saturated heterocycles. The lowest BCUT2D eigenvalue weighted by molar-refractivity contribution is 0.175. The number of aromatic nitrogens is 3. The summed E-state index contributed by atoms with van der Waals surface area (Å²) >= 11 is 0. The van der Waals surface area contributed by atoms with Gasteiger partial charge in [-0.05, 0) is 19.8 Å². The number of hydrogen-bond acceptors (Lipinski definition) is 6. The van der Waals surface area contributed by atoms with E-state index in [1.165, 1.54) is 7.11 Å². The molecule has 0 aliphatic rings. The van der Waals surface area contributed by atoms with E-state index in [1.54, 1.807) is 4.90 Å². The van der Waals surface area contributed by atoms with Crippen LogP contribution in [-0.4, -0.2) is 66.2 Å². The molecule has 0 bridgehead atoms. The number of rotatable bonds is 8. The number of carbonyl (C=O) groups excluding carboxylic acids is 1. The van der Waals surface area contributed by atoms with Crippen molar-refractivity contribution < 1.29 is 17.9 Å². The van der Waals surface area contributed by atoms with E-state index in [4.69, 9.17) is 4.74 Å². The van der Waals surface area contributed by atoms with E-state index in [0.717, 1.165) is 23.9 Å². The lowest BCUT2D eigenvalue weighted by Gasteiger charge is -2.27. The van der Waals surface area contributed by atoms with Crippen molar-refractivity contribution in [2.24, 2.45) is 0 Å². The first-order valence-corrected chi connectivity index (χ1v) is 8.96. The van der Waals surface area contributed by atoms with E-state index in [9.17, 15) is 13.2 Å². The van der Waals surface area contributed by atoms with Gasteiger partial charge in [0.25, 0.3) is 5.16 Å². The molecule has 0 spiro atoms. The fourth-order valence-electron chi connectivity index (χ4n) is 1.86. The summed E-state index contributed by atoms with van der Waals surface area (Å²) in [5.41, 5.74) is 0. The van der Waals surface area contributed by atoms with Gasteiger partial charge in [0.15, 0.2) is 0 Å². The van der Waals surface area contributed by atoms with Crippen molar-refractivity contribution in [3.05, 3.63) is 6.33 Å². The van der Waals surface area contributed by atoms with Gasteiger partial charge in [-0.3, -0.25) is 0 Å². The minimum absolute atomic E-state index is 0.0465. The van der Waals surface area contributed by atoms with Crippen molar-refractivity contribution in [2.45, 2.75) is 44.8 Å². The van der Waals surface area contributed by atoms with Gasteiger partial charge in [-0.2, -0.15) is 4.68 Å². The predicted molar refractivity (Wildman–Crippen MR) is 81.5 cm³/mol. The highest BCUT2D eigenvalue weighted by Crippen LogP contribution is 2.09. The Morgan fingerprint density at radius 3 is 2.68 bits per heavy atom. The van der Waals surface area contributed by atoms with Crippen LogP contribution in [-0.2, 0) is 14.6 Å². The SMILES string of the molecule is CCCN(C(=O)n1cnc(S(=O)(=O)CCOC)n1)C(C)CC. The molecule has 1 heterocycles. The summed E-state index contributed by atoms with van der Waals surface area (Å²) in [6.45, 7) is 6.55. The topological polar surface area (TPSA) is 94.4 Å². The van der Waals surface area contributed by atoms with Crippen molar-refractivity contribution in [2.75, 3.05) is 26.0 Å². The summed E-state index contributed by atoms with van der Waals surface area (Å²) in [6, 6.07) is -0.318. The number of methoxy groups -OCH3 is 1. The van der Waals surface area contributed by atoms with Gasteiger partial charge >= 0.3 is 6.03 Å². The zero-order valence-electron chi connectivity index (χ0n) is 13.5. The summed E-state index contributed by atoms with van der Waals surface area (Å²) in [7, 11) is -2.22. The standard InChI is InChI=1S/C13H24N4O4S/c1-5-7-16(11(3)6-2)13(18)17-10-14-12(15-17)22(19,20)9-8-21-4/h10-11H,5-9H2,1-4H3. The largest absolute Gasteiger partial charge is 0.384 e. The van der Waals surface area contributed by atoms with E-state index >= 15 is 0 Å². The third-order valence-electron chi connectivity index (χ3n) is 3.33. The van der Waals surface area contributed by atoms with Gasteiger partial charge < -0.3 is 9.64 Å². The third kappa shape index (κ3) is 4.51. The lowest BCUT2D eigenvalue weighted by Crippen LogP contribution is -2.41. The van der Waals surface area contributed by atoms with Gasteiger partial charge in [-0.25, -0.2) is 18.2 Å². The van der Waals surface area contributed by atoms with Gasteiger partial charge in [0.2, 0.25) is 9.84 Å². The maximum Gasteiger partial charge on any atom is 0.346 e. The highest BCUT2D eigenvalue weighted by molar-refractivity contribution is 7.91. The second-order valence-corrected chi connectivity index (χ2v) is 7.02. The van der Waals surface area contributed by atoms with Crippen LogP contribution in [0.2, 0.25) is 0 Å². The molecule has 1 atom stereocenters. The fraction of sp³-hybridized carbons (Fsp3) is 0.769. The van der Waals surface area contributed by atoms with Crippen molar-refractivity contribution in [3.8, 4) is 0 Å². The predicted octanol–water partition coefficient (Wildman–Crippen LogP) is 1.18. The van der Waals surface area contributed by atoms with Crippen LogP contribution in [0.5, 0.6) is 0 Å². The minimum Gasteiger partial charge on any atom is -0.384 e. The monoisotopic (exact) mass is 332 g/mol. The van der Waals surface area contributed by atoms with Gasteiger partial charge in [0, 0.05) is 19.7 Å². The third-order valence-corrected chi connectivity index (χ3v) is 4.78. The van der Waals surface area contributed by atoms with E-state index in [2.05, 4.69) is 10.1 Å². The molecular formula is C13H24N4O4S. The second kappa shape index (κ2) is 8.23. The molecule has 0 aliphatic heterocycles. The first-order chi connectivity index (χ1) is 10.4. The molecular weight excluding hydrogens is 308 g/mol. The summed E-state index contributed by atoms with van der Waals surface area (Å²) in [4.78, 5) is 17.9. The first-order valence-electron chi connectivity index (χ1n) is 7.31. The van der Waals surface area contributed by atoms with Crippen molar-refractivity contribution in [1.29, 1.82) is 0 Å². The maximum absolute atomic E-state index is 12.5. The number of amides is 1. The highest BCUT2D eigenvalue weighted by Gasteiger charge is 2.24. The molecule has 1 rings (SSSR count). The summed E-state index contributed by atoms with van der Waals surface area (Å²) < 4.78 is 29.7. The van der Waals surface area contributed by atoms with Gasteiger partial charge in [-0.1, -0.05) is 13.8 Å². The smallest absolute Gasteiger partial charge is 0.346 e. The van der Waals surface area contributed by atoms with Gasteiger partial charge in [0.1, 0.15) is 6.33 Å². The number of hydrogen-bond donors (Lipinski definition) is 0. The molecule has 0 aromatic carbocycles. The van der Waals surface area contributed by atoms with Crippen molar-refractivity contribution in [1.82, 2.24) is 19.7 Å². The molecule has 9 heteroatoms. The normalized spacial score (nSPS) is 13.1. The second-order valence-electron chi connectivity index (χ2n) is 5.02. The molecule has 1 amide bonds. The summed E-state index contributed by atoms with van der Waals surface area (Å²) in [5, 5.41) is 3.48. The molecule has 0 aliphatic carbocycles. The Hall–Kier alpha value is -1.48. The molecule has 1 unspecified atom stereocenters. The Morgan fingerprint density at radius 1 is 1.45 bits per heavy atom. The van der Waals surface area contributed by atoms with Crippen LogP contribution in [0, 0.1) is 0 Å². The van der Waals surface area contributed by atoms with Gasteiger partial charge in [0.05, 0.1) is 12.4 Å². The number of carbonyl (C=O) groups is 1. The van der Waals surface area contributed by atoms with Gasteiger partial charge in [-0.15, -0.1) is 5.10 Å². The fourth-order valence-corrected chi connectivity index (χ4v) is 2.85. The Kier molecular flexibility index (Phi) is 6.95. The average Bonchev–Trinajstić information content (AvgIpc) is 3.00. The Labute approximate surface area is 131 Å². The van der Waals surface area contributed by atoms with Crippen LogP contribution in [0.3, 0.4) is 0 Å². The molecule has 22 heavy (non-hydrogen) atoms. The highest BCUT2D eigenvalue weighted by atomic mass is 32.2. The Morgan fingerprint density at radius 2 is 2.14 bits per heavy atom. The Balaban J connectivity index is 2.96. The molecule has 1 aromatic heterocycles. The van der Waals surface area contributed by atoms with Crippen LogP contribution in [0.25, 0.3) is 0 Å². The van der Waals surface area contributed by atoms with E-state index < -0.39 is 9.84 Å². The van der Waals surface area contributed by atoms with Crippen LogP contribution in [0.15, 0.2) is 11.5 Å². The number of ether oxygens (including phenoxy) is 1.